The third kappa shape index (κ3) is 4.75. The van der Waals surface area contributed by atoms with Crippen molar-refractivity contribution in [2.45, 2.75) is 6.04 Å². The summed E-state index contributed by atoms with van der Waals surface area (Å²) in [7, 11) is -2.87. The van der Waals surface area contributed by atoms with Crippen LogP contribution in [-0.2, 0) is 4.57 Å². The quantitative estimate of drug-likeness (QED) is 0.304. The summed E-state index contributed by atoms with van der Waals surface area (Å²) < 4.78 is 15.6. The smallest absolute Gasteiger partial charge is 0.145 e. The topological polar surface area (TPSA) is 29.1 Å². The molecule has 0 amide bonds. The van der Waals surface area contributed by atoms with Crippen LogP contribution in [0.25, 0.3) is 0 Å². The molecule has 4 aromatic carbocycles. The van der Waals surface area contributed by atoms with Gasteiger partial charge in [-0.05, 0) is 29.8 Å². The number of hydrogen-bond donors (Lipinski definition) is 1. The van der Waals surface area contributed by atoms with E-state index in [1.807, 2.05) is 103 Å². The minimum Gasteiger partial charge on any atom is -0.378 e. The fourth-order valence-electron chi connectivity index (χ4n) is 3.62. The van der Waals surface area contributed by atoms with Gasteiger partial charge < -0.3 is 9.88 Å². The summed E-state index contributed by atoms with van der Waals surface area (Å²) >= 11 is 3.52. The highest BCUT2D eigenvalue weighted by atomic mass is 79.9. The predicted molar refractivity (Wildman–Crippen MR) is 132 cm³/mol. The molecule has 0 radical (unpaired) electrons. The van der Waals surface area contributed by atoms with Crippen molar-refractivity contribution in [1.82, 2.24) is 0 Å². The molecular weight excluding hydrogens is 453 g/mol. The van der Waals surface area contributed by atoms with Crippen LogP contribution in [0.5, 0.6) is 0 Å². The fraction of sp³-hybridized carbons (Fsp3) is 0.0769. The van der Waals surface area contributed by atoms with Gasteiger partial charge in [-0.3, -0.25) is 0 Å². The normalized spacial score (nSPS) is 12.3. The first-order valence-corrected chi connectivity index (χ1v) is 12.6. The van der Waals surface area contributed by atoms with E-state index in [2.05, 4.69) is 33.4 Å². The van der Waals surface area contributed by atoms with Crippen molar-refractivity contribution < 1.29 is 4.57 Å². The number of anilines is 1. The molecule has 0 aliphatic rings. The maximum absolute atomic E-state index is 14.6. The largest absolute Gasteiger partial charge is 0.378 e. The zero-order valence-corrected chi connectivity index (χ0v) is 19.0. The first kappa shape index (κ1) is 20.7. The summed E-state index contributed by atoms with van der Waals surface area (Å²) in [5.41, 5.74) is 2.12. The Bertz CT molecular complexity index is 1070. The summed E-state index contributed by atoms with van der Waals surface area (Å²) in [6, 6.07) is 37.9. The second-order valence-electron chi connectivity index (χ2n) is 7.21. The molecule has 4 heteroatoms. The van der Waals surface area contributed by atoms with E-state index in [4.69, 9.17) is 0 Å². The summed E-state index contributed by atoms with van der Waals surface area (Å²) in [5.74, 6) is 0. The predicted octanol–water partition coefficient (Wildman–Crippen LogP) is 6.62. The van der Waals surface area contributed by atoms with E-state index in [0.29, 0.717) is 6.16 Å². The molecule has 4 aromatic rings. The Kier molecular flexibility index (Phi) is 6.52. The zero-order valence-electron chi connectivity index (χ0n) is 16.5. The third-order valence-corrected chi connectivity index (χ3v) is 8.85. The molecule has 0 saturated heterocycles. The van der Waals surface area contributed by atoms with Gasteiger partial charge in [0.05, 0.1) is 6.04 Å². The molecule has 150 valence electrons. The first-order valence-electron chi connectivity index (χ1n) is 9.92. The van der Waals surface area contributed by atoms with Gasteiger partial charge in [0.25, 0.3) is 0 Å². The van der Waals surface area contributed by atoms with Gasteiger partial charge >= 0.3 is 0 Å². The van der Waals surface area contributed by atoms with E-state index in [1.54, 1.807) is 0 Å². The molecule has 0 fully saturated rings. The molecule has 0 saturated carbocycles. The SMILES string of the molecule is O=P(CC(Nc1ccccc1)c1ccc(Br)cc1)(c1ccccc1)c1ccccc1. The Morgan fingerprint density at radius 3 is 1.63 bits per heavy atom. The number of hydrogen-bond acceptors (Lipinski definition) is 2. The molecule has 4 rings (SSSR count). The molecule has 0 spiro atoms. The van der Waals surface area contributed by atoms with Gasteiger partial charge in [0.2, 0.25) is 0 Å². The number of halogens is 1. The van der Waals surface area contributed by atoms with Crippen molar-refractivity contribution in [2.75, 3.05) is 11.5 Å². The van der Waals surface area contributed by atoms with E-state index >= 15 is 0 Å². The standard InChI is InChI=1S/C26H23BrNOP/c27-22-18-16-21(17-19-22)26(28-23-10-4-1-5-11-23)20-30(29,24-12-6-2-7-13-24)25-14-8-3-9-15-25/h1-19,26,28H,20H2. The van der Waals surface area contributed by atoms with Crippen LogP contribution >= 0.6 is 23.1 Å². The van der Waals surface area contributed by atoms with Crippen LogP contribution in [0, 0.1) is 0 Å². The minimum atomic E-state index is -2.87. The van der Waals surface area contributed by atoms with Crippen molar-refractivity contribution in [2.24, 2.45) is 0 Å². The third-order valence-electron chi connectivity index (χ3n) is 5.17. The second-order valence-corrected chi connectivity index (χ2v) is 11.0. The van der Waals surface area contributed by atoms with Crippen LogP contribution < -0.4 is 15.9 Å². The molecular formula is C26H23BrNOP. The van der Waals surface area contributed by atoms with Crippen LogP contribution in [0.3, 0.4) is 0 Å². The lowest BCUT2D eigenvalue weighted by Crippen LogP contribution is -2.25. The molecule has 0 aliphatic heterocycles. The number of rotatable bonds is 7. The Morgan fingerprint density at radius 2 is 1.13 bits per heavy atom. The molecule has 0 aliphatic carbocycles. The van der Waals surface area contributed by atoms with Crippen molar-refractivity contribution in [1.29, 1.82) is 0 Å². The first-order chi connectivity index (χ1) is 14.6. The van der Waals surface area contributed by atoms with Crippen molar-refractivity contribution in [3.05, 3.63) is 125 Å². The molecule has 1 atom stereocenters. The van der Waals surface area contributed by atoms with Crippen LogP contribution in [0.15, 0.2) is 120 Å². The molecule has 0 aromatic heterocycles. The zero-order chi connectivity index (χ0) is 20.8. The summed E-state index contributed by atoms with van der Waals surface area (Å²) in [6.45, 7) is 0. The summed E-state index contributed by atoms with van der Waals surface area (Å²) in [6.07, 6.45) is 0.484. The van der Waals surface area contributed by atoms with E-state index in [-0.39, 0.29) is 6.04 Å². The molecule has 1 unspecified atom stereocenters. The van der Waals surface area contributed by atoms with Crippen LogP contribution in [0.4, 0.5) is 5.69 Å². The van der Waals surface area contributed by atoms with Gasteiger partial charge in [-0.15, -0.1) is 0 Å². The lowest BCUT2D eigenvalue weighted by molar-refractivity contribution is 0.584. The number of nitrogens with one attached hydrogen (secondary N) is 1. The Balaban J connectivity index is 1.78. The Hall–Kier alpha value is -2.61. The lowest BCUT2D eigenvalue weighted by Gasteiger charge is -2.27. The van der Waals surface area contributed by atoms with Gasteiger partial charge in [0.15, 0.2) is 0 Å². The number of para-hydroxylation sites is 1. The van der Waals surface area contributed by atoms with Gasteiger partial charge in [-0.2, -0.15) is 0 Å². The monoisotopic (exact) mass is 475 g/mol. The highest BCUT2D eigenvalue weighted by Gasteiger charge is 2.31. The highest BCUT2D eigenvalue weighted by molar-refractivity contribution is 9.10. The van der Waals surface area contributed by atoms with E-state index < -0.39 is 7.14 Å². The maximum atomic E-state index is 14.6. The molecule has 0 heterocycles. The van der Waals surface area contributed by atoms with Gasteiger partial charge in [0, 0.05) is 26.9 Å². The van der Waals surface area contributed by atoms with Gasteiger partial charge in [0.1, 0.15) is 7.14 Å². The van der Waals surface area contributed by atoms with E-state index in [1.165, 1.54) is 0 Å². The van der Waals surface area contributed by atoms with Gasteiger partial charge in [-0.1, -0.05) is 107 Å². The van der Waals surface area contributed by atoms with Gasteiger partial charge in [-0.25, -0.2) is 0 Å². The lowest BCUT2D eigenvalue weighted by atomic mass is 10.1. The molecule has 30 heavy (non-hydrogen) atoms. The van der Waals surface area contributed by atoms with E-state index in [0.717, 1.165) is 26.3 Å². The average molecular weight is 476 g/mol. The van der Waals surface area contributed by atoms with Crippen molar-refractivity contribution in [3.8, 4) is 0 Å². The number of benzene rings is 4. The summed E-state index contributed by atoms with van der Waals surface area (Å²) in [4.78, 5) is 0. The van der Waals surface area contributed by atoms with E-state index in [9.17, 15) is 4.57 Å². The maximum Gasteiger partial charge on any atom is 0.145 e. The van der Waals surface area contributed by atoms with Crippen LogP contribution in [-0.4, -0.2) is 6.16 Å². The molecule has 1 N–H and O–H groups in total. The van der Waals surface area contributed by atoms with Crippen molar-refractivity contribution >= 4 is 39.4 Å². The minimum absolute atomic E-state index is 0.105. The van der Waals surface area contributed by atoms with Crippen LogP contribution in [0.1, 0.15) is 11.6 Å². The Labute approximate surface area is 186 Å². The molecule has 2 nitrogen and oxygen atoms in total. The highest BCUT2D eigenvalue weighted by Crippen LogP contribution is 2.47. The summed E-state index contributed by atoms with van der Waals surface area (Å²) in [5, 5.41) is 5.39. The molecule has 0 bridgehead atoms. The Morgan fingerprint density at radius 1 is 0.667 bits per heavy atom. The fourth-order valence-corrected chi connectivity index (χ4v) is 6.73. The average Bonchev–Trinajstić information content (AvgIpc) is 2.81. The van der Waals surface area contributed by atoms with Crippen LogP contribution in [0.2, 0.25) is 0 Å². The van der Waals surface area contributed by atoms with Crippen molar-refractivity contribution in [3.63, 3.8) is 0 Å². The second kappa shape index (κ2) is 9.47.